The second-order valence-corrected chi connectivity index (χ2v) is 5.13. The van der Waals surface area contributed by atoms with Crippen LogP contribution in [0.1, 0.15) is 52.9 Å². The summed E-state index contributed by atoms with van der Waals surface area (Å²) in [7, 11) is 0. The molecule has 0 aliphatic carbocycles. The highest BCUT2D eigenvalue weighted by Gasteiger charge is 2.24. The molecule has 1 fully saturated rings. The third kappa shape index (κ3) is 10.7. The minimum Gasteiger partial charge on any atom is -0.396 e. The smallest absolute Gasteiger partial charge is 0.156 e. The van der Waals surface area contributed by atoms with Crippen LogP contribution in [0.15, 0.2) is 0 Å². The summed E-state index contributed by atoms with van der Waals surface area (Å²) in [6.07, 6.45) is 6.22. The molecule has 104 valence electrons. The third-order valence-corrected chi connectivity index (χ3v) is 2.65. The van der Waals surface area contributed by atoms with Gasteiger partial charge in [-0.05, 0) is 33.1 Å². The Balaban J connectivity index is 0.000000437. The van der Waals surface area contributed by atoms with Crippen LogP contribution in [0.4, 0.5) is 0 Å². The lowest BCUT2D eigenvalue weighted by Gasteiger charge is -2.20. The Bertz CT molecular complexity index is 165. The van der Waals surface area contributed by atoms with Gasteiger partial charge in [-0.25, -0.2) is 0 Å². The highest BCUT2D eigenvalue weighted by molar-refractivity contribution is 4.73. The Hall–Kier alpha value is -0.160. The van der Waals surface area contributed by atoms with Crippen LogP contribution in [0.2, 0.25) is 0 Å². The third-order valence-electron chi connectivity index (χ3n) is 2.65. The minimum atomic E-state index is -1.50. The van der Waals surface area contributed by atoms with Crippen molar-refractivity contribution in [3.63, 3.8) is 0 Å². The first-order chi connectivity index (χ1) is 7.88. The number of aliphatic hydroxyl groups excluding tert-OH is 1. The molecule has 1 aliphatic rings. The van der Waals surface area contributed by atoms with Gasteiger partial charge >= 0.3 is 0 Å². The Kier molecular flexibility index (Phi) is 8.78. The molecule has 1 aliphatic heterocycles. The molecule has 4 heteroatoms. The SMILES string of the molecule is CC(C)(O)O.CCCCC(CO)C1CCCO1. The van der Waals surface area contributed by atoms with Gasteiger partial charge in [-0.2, -0.15) is 0 Å². The van der Waals surface area contributed by atoms with E-state index in [1.165, 1.54) is 33.1 Å². The van der Waals surface area contributed by atoms with Crippen LogP contribution in [-0.4, -0.2) is 40.4 Å². The van der Waals surface area contributed by atoms with Gasteiger partial charge in [0, 0.05) is 19.1 Å². The molecule has 17 heavy (non-hydrogen) atoms. The Morgan fingerprint density at radius 2 is 1.94 bits per heavy atom. The topological polar surface area (TPSA) is 69.9 Å². The van der Waals surface area contributed by atoms with Crippen LogP contribution in [0.25, 0.3) is 0 Å². The molecule has 1 saturated heterocycles. The van der Waals surface area contributed by atoms with Crippen molar-refractivity contribution in [3.8, 4) is 0 Å². The van der Waals surface area contributed by atoms with Crippen LogP contribution >= 0.6 is 0 Å². The number of ether oxygens (including phenoxy) is 1. The van der Waals surface area contributed by atoms with Gasteiger partial charge in [0.1, 0.15) is 0 Å². The van der Waals surface area contributed by atoms with Crippen molar-refractivity contribution in [2.24, 2.45) is 5.92 Å². The van der Waals surface area contributed by atoms with Crippen molar-refractivity contribution in [1.82, 2.24) is 0 Å². The predicted octanol–water partition coefficient (Wildman–Crippen LogP) is 1.67. The van der Waals surface area contributed by atoms with Crippen LogP contribution in [0.3, 0.4) is 0 Å². The molecule has 0 saturated carbocycles. The van der Waals surface area contributed by atoms with Crippen LogP contribution in [0.5, 0.6) is 0 Å². The molecule has 0 aromatic heterocycles. The molecule has 1 rings (SSSR count). The van der Waals surface area contributed by atoms with Gasteiger partial charge < -0.3 is 20.1 Å². The summed E-state index contributed by atoms with van der Waals surface area (Å²) in [4.78, 5) is 0. The van der Waals surface area contributed by atoms with E-state index in [9.17, 15) is 0 Å². The van der Waals surface area contributed by atoms with E-state index in [-0.39, 0.29) is 0 Å². The van der Waals surface area contributed by atoms with Gasteiger partial charge in [0.05, 0.1) is 6.10 Å². The van der Waals surface area contributed by atoms with Gasteiger partial charge in [0.2, 0.25) is 0 Å². The summed E-state index contributed by atoms with van der Waals surface area (Å²) >= 11 is 0. The van der Waals surface area contributed by atoms with Crippen molar-refractivity contribution in [1.29, 1.82) is 0 Å². The van der Waals surface area contributed by atoms with Gasteiger partial charge in [-0.3, -0.25) is 0 Å². The second-order valence-electron chi connectivity index (χ2n) is 5.13. The molecule has 0 aromatic carbocycles. The highest BCUT2D eigenvalue weighted by Crippen LogP contribution is 2.23. The standard InChI is InChI=1S/C10H20O2.C3H8O2/c1-2-3-5-9(8-11)10-6-4-7-12-10;1-3(2,4)5/h9-11H,2-8H2,1H3;4-5H,1-2H3. The first-order valence-corrected chi connectivity index (χ1v) is 6.55. The quantitative estimate of drug-likeness (QED) is 0.647. The number of hydrogen-bond acceptors (Lipinski definition) is 4. The van der Waals surface area contributed by atoms with Crippen molar-refractivity contribution in [3.05, 3.63) is 0 Å². The Labute approximate surface area is 105 Å². The Morgan fingerprint density at radius 3 is 2.29 bits per heavy atom. The first-order valence-electron chi connectivity index (χ1n) is 6.55. The molecule has 1 heterocycles. The maximum absolute atomic E-state index is 9.13. The maximum Gasteiger partial charge on any atom is 0.156 e. The van der Waals surface area contributed by atoms with E-state index in [1.807, 2.05) is 0 Å². The molecule has 0 radical (unpaired) electrons. The van der Waals surface area contributed by atoms with Gasteiger partial charge in [0.25, 0.3) is 0 Å². The summed E-state index contributed by atoms with van der Waals surface area (Å²) in [5.41, 5.74) is 0. The second kappa shape index (κ2) is 8.86. The average Bonchev–Trinajstić information content (AvgIpc) is 2.70. The molecule has 0 amide bonds. The van der Waals surface area contributed by atoms with Crippen LogP contribution < -0.4 is 0 Å². The summed E-state index contributed by atoms with van der Waals surface area (Å²) in [5, 5.41) is 25.3. The molecule has 2 atom stereocenters. The number of rotatable bonds is 5. The van der Waals surface area contributed by atoms with Crippen LogP contribution in [0, 0.1) is 5.92 Å². The lowest BCUT2D eigenvalue weighted by molar-refractivity contribution is -0.127. The summed E-state index contributed by atoms with van der Waals surface area (Å²) in [5.74, 6) is -1.10. The molecular weight excluding hydrogens is 220 g/mol. The average molecular weight is 248 g/mol. The predicted molar refractivity (Wildman–Crippen MR) is 67.6 cm³/mol. The molecular formula is C13H28O4. The number of unbranched alkanes of at least 4 members (excludes halogenated alkanes) is 1. The summed E-state index contributed by atoms with van der Waals surface area (Å²) < 4.78 is 5.54. The highest BCUT2D eigenvalue weighted by atomic mass is 16.5. The Morgan fingerprint density at radius 1 is 1.35 bits per heavy atom. The lowest BCUT2D eigenvalue weighted by atomic mass is 9.95. The van der Waals surface area contributed by atoms with E-state index in [1.54, 1.807) is 0 Å². The summed E-state index contributed by atoms with van der Waals surface area (Å²) in [6, 6.07) is 0. The van der Waals surface area contributed by atoms with E-state index < -0.39 is 5.79 Å². The molecule has 0 spiro atoms. The van der Waals surface area contributed by atoms with E-state index in [0.717, 1.165) is 19.4 Å². The normalized spacial score (nSPS) is 21.9. The molecule has 2 unspecified atom stereocenters. The fourth-order valence-corrected chi connectivity index (χ4v) is 1.84. The maximum atomic E-state index is 9.13. The lowest BCUT2D eigenvalue weighted by Crippen LogP contribution is -2.22. The number of hydrogen-bond donors (Lipinski definition) is 3. The van der Waals surface area contributed by atoms with Crippen molar-refractivity contribution in [2.45, 2.75) is 64.8 Å². The zero-order valence-corrected chi connectivity index (χ0v) is 11.4. The van der Waals surface area contributed by atoms with E-state index >= 15 is 0 Å². The number of aliphatic hydroxyl groups is 3. The molecule has 3 N–H and O–H groups in total. The fourth-order valence-electron chi connectivity index (χ4n) is 1.84. The van der Waals surface area contributed by atoms with E-state index in [2.05, 4.69) is 6.92 Å². The summed E-state index contributed by atoms with van der Waals surface area (Å²) in [6.45, 7) is 5.97. The molecule has 0 bridgehead atoms. The first kappa shape index (κ1) is 16.8. The fraction of sp³-hybridized carbons (Fsp3) is 1.00. The minimum absolute atomic E-state index is 0.296. The van der Waals surface area contributed by atoms with Gasteiger partial charge in [-0.15, -0.1) is 0 Å². The largest absolute Gasteiger partial charge is 0.396 e. The van der Waals surface area contributed by atoms with E-state index in [0.29, 0.717) is 18.6 Å². The van der Waals surface area contributed by atoms with E-state index in [4.69, 9.17) is 20.1 Å². The zero-order valence-electron chi connectivity index (χ0n) is 11.4. The van der Waals surface area contributed by atoms with Crippen molar-refractivity contribution >= 4 is 0 Å². The van der Waals surface area contributed by atoms with Crippen molar-refractivity contribution < 1.29 is 20.1 Å². The molecule has 4 nitrogen and oxygen atoms in total. The van der Waals surface area contributed by atoms with Gasteiger partial charge in [0.15, 0.2) is 5.79 Å². The van der Waals surface area contributed by atoms with Gasteiger partial charge in [-0.1, -0.05) is 19.8 Å². The monoisotopic (exact) mass is 248 g/mol. The van der Waals surface area contributed by atoms with Crippen LogP contribution in [-0.2, 0) is 4.74 Å². The molecule has 0 aromatic rings. The van der Waals surface area contributed by atoms with Crippen molar-refractivity contribution in [2.75, 3.05) is 13.2 Å². The zero-order chi connectivity index (χ0) is 13.3.